The van der Waals surface area contributed by atoms with Gasteiger partial charge in [0.05, 0.1) is 12.2 Å². The number of aliphatic imine (C=N–C) groups is 1. The Morgan fingerprint density at radius 1 is 1.19 bits per heavy atom. The summed E-state index contributed by atoms with van der Waals surface area (Å²) < 4.78 is 0. The van der Waals surface area contributed by atoms with Gasteiger partial charge in [-0.25, -0.2) is 9.69 Å². The lowest BCUT2D eigenvalue weighted by Crippen LogP contribution is -2.60. The first kappa shape index (κ1) is 20.1. The second-order valence-corrected chi connectivity index (χ2v) is 6.36. The molecule has 1 aliphatic heterocycles. The molecule has 0 radical (unpaired) electrons. The second kappa shape index (κ2) is 8.91. The standard InChI is InChI=1S/C18H23ClN4O3/c1-4-22(5-2)11-10-20-12(3)15-16(24)21-18(26)23(17(15)25)14-8-6-13(19)7-9-14/h6-9,15H,4-5,10-11H2,1-3H3,(H,21,24,26). The maximum absolute atomic E-state index is 12.8. The maximum Gasteiger partial charge on any atom is 0.335 e. The number of carbonyl (C=O) groups is 3. The number of imide groups is 2. The van der Waals surface area contributed by atoms with Crippen molar-refractivity contribution in [1.82, 2.24) is 10.2 Å². The van der Waals surface area contributed by atoms with E-state index >= 15 is 0 Å². The molecule has 140 valence electrons. The Balaban J connectivity index is 2.19. The van der Waals surface area contributed by atoms with Gasteiger partial charge in [-0.1, -0.05) is 25.4 Å². The van der Waals surface area contributed by atoms with Crippen LogP contribution in [0.1, 0.15) is 20.8 Å². The van der Waals surface area contributed by atoms with Gasteiger partial charge in [-0.15, -0.1) is 0 Å². The van der Waals surface area contributed by atoms with Crippen LogP contribution in [-0.4, -0.2) is 54.6 Å². The van der Waals surface area contributed by atoms with Crippen molar-refractivity contribution < 1.29 is 14.4 Å². The molecular formula is C18H23ClN4O3. The molecule has 1 unspecified atom stereocenters. The number of barbiturate groups is 1. The molecule has 1 aliphatic rings. The summed E-state index contributed by atoms with van der Waals surface area (Å²) in [7, 11) is 0. The van der Waals surface area contributed by atoms with Crippen LogP contribution in [0.4, 0.5) is 10.5 Å². The lowest BCUT2D eigenvalue weighted by atomic mass is 9.99. The molecule has 1 aromatic rings. The van der Waals surface area contributed by atoms with E-state index in [0.717, 1.165) is 24.5 Å². The molecule has 1 saturated heterocycles. The van der Waals surface area contributed by atoms with Gasteiger partial charge < -0.3 is 4.90 Å². The highest BCUT2D eigenvalue weighted by atomic mass is 35.5. The van der Waals surface area contributed by atoms with Gasteiger partial charge in [-0.05, 0) is 44.3 Å². The van der Waals surface area contributed by atoms with Gasteiger partial charge in [0.2, 0.25) is 5.91 Å². The fourth-order valence-electron chi connectivity index (χ4n) is 2.78. The monoisotopic (exact) mass is 378 g/mol. The smallest absolute Gasteiger partial charge is 0.302 e. The van der Waals surface area contributed by atoms with Gasteiger partial charge in [-0.3, -0.25) is 19.9 Å². The van der Waals surface area contributed by atoms with Gasteiger partial charge in [0, 0.05) is 17.3 Å². The van der Waals surface area contributed by atoms with Crippen LogP contribution in [-0.2, 0) is 9.59 Å². The average molecular weight is 379 g/mol. The van der Waals surface area contributed by atoms with Crippen LogP contribution in [0.25, 0.3) is 0 Å². The highest BCUT2D eigenvalue weighted by molar-refractivity contribution is 6.35. The van der Waals surface area contributed by atoms with E-state index in [4.69, 9.17) is 11.6 Å². The number of urea groups is 1. The van der Waals surface area contributed by atoms with E-state index in [9.17, 15) is 14.4 Å². The maximum atomic E-state index is 12.8. The third kappa shape index (κ3) is 4.47. The molecule has 1 aromatic carbocycles. The van der Waals surface area contributed by atoms with E-state index in [1.807, 2.05) is 0 Å². The Morgan fingerprint density at radius 3 is 2.38 bits per heavy atom. The Labute approximate surface area is 158 Å². The summed E-state index contributed by atoms with van der Waals surface area (Å²) in [5, 5.41) is 2.71. The summed E-state index contributed by atoms with van der Waals surface area (Å²) in [6.45, 7) is 8.81. The predicted molar refractivity (Wildman–Crippen MR) is 102 cm³/mol. The van der Waals surface area contributed by atoms with Crippen LogP contribution in [0, 0.1) is 5.92 Å². The first-order valence-electron chi connectivity index (χ1n) is 8.56. The Morgan fingerprint density at radius 2 is 1.81 bits per heavy atom. The Bertz CT molecular complexity index is 714. The first-order valence-corrected chi connectivity index (χ1v) is 8.94. The summed E-state index contributed by atoms with van der Waals surface area (Å²) in [5.74, 6) is -2.36. The quantitative estimate of drug-likeness (QED) is 0.583. The molecule has 4 amide bonds. The molecule has 0 aliphatic carbocycles. The van der Waals surface area contributed by atoms with Crippen LogP contribution >= 0.6 is 11.6 Å². The van der Waals surface area contributed by atoms with E-state index in [1.165, 1.54) is 0 Å². The zero-order valence-corrected chi connectivity index (χ0v) is 15.9. The summed E-state index contributed by atoms with van der Waals surface area (Å²) >= 11 is 5.85. The SMILES string of the molecule is CCN(CC)CCN=C(C)C1C(=O)NC(=O)N(c2ccc(Cl)cc2)C1=O. The Hall–Kier alpha value is -2.25. The van der Waals surface area contributed by atoms with Crippen molar-refractivity contribution in [3.8, 4) is 0 Å². The fourth-order valence-corrected chi connectivity index (χ4v) is 2.90. The lowest BCUT2D eigenvalue weighted by molar-refractivity contribution is -0.131. The summed E-state index contributed by atoms with van der Waals surface area (Å²) in [5.41, 5.74) is 0.747. The minimum Gasteiger partial charge on any atom is -0.302 e. The van der Waals surface area contributed by atoms with E-state index in [-0.39, 0.29) is 0 Å². The predicted octanol–water partition coefficient (Wildman–Crippen LogP) is 2.34. The number of benzene rings is 1. The van der Waals surface area contributed by atoms with Crippen molar-refractivity contribution in [2.24, 2.45) is 10.9 Å². The molecule has 8 heteroatoms. The summed E-state index contributed by atoms with van der Waals surface area (Å²) in [6, 6.07) is 5.50. The fraction of sp³-hybridized carbons (Fsp3) is 0.444. The third-order valence-electron chi connectivity index (χ3n) is 4.34. The molecular weight excluding hydrogens is 356 g/mol. The highest BCUT2D eigenvalue weighted by Crippen LogP contribution is 2.23. The van der Waals surface area contributed by atoms with Crippen molar-refractivity contribution in [2.45, 2.75) is 20.8 Å². The molecule has 0 bridgehead atoms. The van der Waals surface area contributed by atoms with Crippen LogP contribution in [0.3, 0.4) is 0 Å². The van der Waals surface area contributed by atoms with Gasteiger partial charge in [0.25, 0.3) is 5.91 Å². The van der Waals surface area contributed by atoms with Crippen molar-refractivity contribution in [1.29, 1.82) is 0 Å². The van der Waals surface area contributed by atoms with Crippen LogP contribution in [0.5, 0.6) is 0 Å². The summed E-state index contributed by atoms with van der Waals surface area (Å²) in [4.78, 5) is 44.7. The second-order valence-electron chi connectivity index (χ2n) is 5.93. The molecule has 1 atom stereocenters. The topological polar surface area (TPSA) is 82.1 Å². The Kier molecular flexibility index (Phi) is 6.88. The normalized spacial score (nSPS) is 18.5. The number of halogens is 1. The highest BCUT2D eigenvalue weighted by Gasteiger charge is 2.42. The molecule has 7 nitrogen and oxygen atoms in total. The number of likely N-dealkylation sites (N-methyl/N-ethyl adjacent to an activating group) is 1. The molecule has 0 saturated carbocycles. The summed E-state index contributed by atoms with van der Waals surface area (Å²) in [6.07, 6.45) is 0. The van der Waals surface area contributed by atoms with E-state index in [0.29, 0.717) is 23.0 Å². The van der Waals surface area contributed by atoms with Crippen molar-refractivity contribution in [2.75, 3.05) is 31.1 Å². The van der Waals surface area contributed by atoms with E-state index in [2.05, 4.69) is 29.1 Å². The largest absolute Gasteiger partial charge is 0.335 e. The van der Waals surface area contributed by atoms with Crippen LogP contribution in [0.2, 0.25) is 5.02 Å². The van der Waals surface area contributed by atoms with Crippen LogP contribution < -0.4 is 10.2 Å². The molecule has 1 N–H and O–H groups in total. The first-order chi connectivity index (χ1) is 12.4. The number of rotatable bonds is 7. The van der Waals surface area contributed by atoms with Gasteiger partial charge in [-0.2, -0.15) is 0 Å². The minimum atomic E-state index is -1.11. The molecule has 1 heterocycles. The average Bonchev–Trinajstić information content (AvgIpc) is 2.60. The third-order valence-corrected chi connectivity index (χ3v) is 4.59. The zero-order valence-electron chi connectivity index (χ0n) is 15.2. The van der Waals surface area contributed by atoms with Crippen LogP contribution in [0.15, 0.2) is 29.3 Å². The van der Waals surface area contributed by atoms with E-state index < -0.39 is 23.8 Å². The molecule has 1 fully saturated rings. The molecule has 26 heavy (non-hydrogen) atoms. The van der Waals surface area contributed by atoms with Crippen molar-refractivity contribution in [3.05, 3.63) is 29.3 Å². The zero-order chi connectivity index (χ0) is 19.3. The molecule has 0 aromatic heterocycles. The number of nitrogens with one attached hydrogen (secondary N) is 1. The van der Waals surface area contributed by atoms with Crippen molar-refractivity contribution in [3.63, 3.8) is 0 Å². The molecule has 2 rings (SSSR count). The van der Waals surface area contributed by atoms with Crippen molar-refractivity contribution >= 4 is 40.8 Å². The van der Waals surface area contributed by atoms with E-state index in [1.54, 1.807) is 31.2 Å². The minimum absolute atomic E-state index is 0.352. The van der Waals surface area contributed by atoms with Gasteiger partial charge >= 0.3 is 6.03 Å². The number of carbonyl (C=O) groups excluding carboxylic acids is 3. The lowest BCUT2D eigenvalue weighted by Gasteiger charge is -2.30. The molecule has 0 spiro atoms. The van der Waals surface area contributed by atoms with Gasteiger partial charge in [0.1, 0.15) is 0 Å². The number of hydrogen-bond donors (Lipinski definition) is 1. The number of amides is 4. The number of nitrogens with zero attached hydrogens (tertiary/aromatic N) is 3. The number of anilines is 1. The van der Waals surface area contributed by atoms with Gasteiger partial charge in [0.15, 0.2) is 5.92 Å². The number of hydrogen-bond acceptors (Lipinski definition) is 5.